The zero-order chi connectivity index (χ0) is 16.9. The van der Waals surface area contributed by atoms with Gasteiger partial charge < -0.3 is 10.6 Å². The Morgan fingerprint density at radius 1 is 1.00 bits per heavy atom. The highest BCUT2D eigenvalue weighted by Gasteiger charge is 2.18. The summed E-state index contributed by atoms with van der Waals surface area (Å²) in [4.78, 5) is 12.2. The van der Waals surface area contributed by atoms with Gasteiger partial charge in [-0.1, -0.05) is 56.7 Å². The Kier molecular flexibility index (Phi) is 5.43. The van der Waals surface area contributed by atoms with Crippen LogP contribution in [0.1, 0.15) is 38.3 Å². The topological polar surface area (TPSA) is 41.1 Å². The van der Waals surface area contributed by atoms with Gasteiger partial charge in [-0.15, -0.1) is 0 Å². The van der Waals surface area contributed by atoms with Crippen LogP contribution in [0.2, 0.25) is 0 Å². The molecule has 0 atom stereocenters. The summed E-state index contributed by atoms with van der Waals surface area (Å²) in [5.41, 5.74) is 4.33. The number of carbonyl (C=O) groups excluding carboxylic acids is 1. The van der Waals surface area contributed by atoms with Gasteiger partial charge in [-0.2, -0.15) is 0 Å². The molecule has 0 heterocycles. The smallest absolute Gasteiger partial charge is 0.226 e. The molecule has 0 aliphatic carbocycles. The summed E-state index contributed by atoms with van der Waals surface area (Å²) in [6.45, 7) is 9.13. The Morgan fingerprint density at radius 2 is 1.65 bits per heavy atom. The molecule has 0 spiro atoms. The van der Waals surface area contributed by atoms with Crippen molar-refractivity contribution in [3.63, 3.8) is 0 Å². The van der Waals surface area contributed by atoms with E-state index < -0.39 is 0 Å². The van der Waals surface area contributed by atoms with E-state index in [1.165, 1.54) is 5.56 Å². The predicted molar refractivity (Wildman–Crippen MR) is 98.1 cm³/mol. The van der Waals surface area contributed by atoms with Crippen molar-refractivity contribution in [1.29, 1.82) is 0 Å². The second kappa shape index (κ2) is 7.32. The number of hydrogen-bond acceptors (Lipinski definition) is 2. The first-order valence-electron chi connectivity index (χ1n) is 8.06. The van der Waals surface area contributed by atoms with Gasteiger partial charge in [-0.05, 0) is 36.1 Å². The van der Waals surface area contributed by atoms with Crippen LogP contribution >= 0.6 is 0 Å². The zero-order valence-corrected chi connectivity index (χ0v) is 14.4. The van der Waals surface area contributed by atoms with Crippen LogP contribution in [0.4, 0.5) is 11.4 Å². The molecule has 0 saturated heterocycles. The van der Waals surface area contributed by atoms with Crippen LogP contribution in [-0.2, 0) is 10.2 Å². The molecule has 0 bridgehead atoms. The third-order valence-corrected chi connectivity index (χ3v) is 3.74. The van der Waals surface area contributed by atoms with Crippen LogP contribution in [0.15, 0.2) is 48.5 Å². The molecule has 0 unspecified atom stereocenters. The first-order chi connectivity index (χ1) is 10.9. The quantitative estimate of drug-likeness (QED) is 0.838. The number of hydrogen-bond donors (Lipinski definition) is 2. The van der Waals surface area contributed by atoms with E-state index in [9.17, 15) is 4.79 Å². The molecular formula is C20H26N2O. The second-order valence-electron chi connectivity index (χ2n) is 6.89. The van der Waals surface area contributed by atoms with Crippen molar-refractivity contribution >= 4 is 17.3 Å². The minimum absolute atomic E-state index is 0.00399. The standard InChI is InChI=1S/C20H26N2O/c1-15-9-11-16(12-10-15)21-14-13-19(23)22-18-8-6-5-7-17(18)20(2,3)4/h5-12,21H,13-14H2,1-4H3,(H,22,23). The number of anilines is 2. The molecule has 3 nitrogen and oxygen atoms in total. The van der Waals surface area contributed by atoms with E-state index in [0.717, 1.165) is 16.9 Å². The average Bonchev–Trinajstić information content (AvgIpc) is 2.49. The average molecular weight is 310 g/mol. The van der Waals surface area contributed by atoms with E-state index in [2.05, 4.69) is 56.5 Å². The highest BCUT2D eigenvalue weighted by molar-refractivity contribution is 5.92. The number of carbonyl (C=O) groups is 1. The lowest BCUT2D eigenvalue weighted by Crippen LogP contribution is -2.20. The number of benzene rings is 2. The fourth-order valence-electron chi connectivity index (χ4n) is 2.45. The Morgan fingerprint density at radius 3 is 2.30 bits per heavy atom. The summed E-state index contributed by atoms with van der Waals surface area (Å²) in [7, 11) is 0. The van der Waals surface area contributed by atoms with Crippen molar-refractivity contribution in [3.8, 4) is 0 Å². The minimum atomic E-state index is 0.00399. The van der Waals surface area contributed by atoms with E-state index >= 15 is 0 Å². The Labute approximate surface area is 139 Å². The highest BCUT2D eigenvalue weighted by Crippen LogP contribution is 2.29. The number of nitrogens with one attached hydrogen (secondary N) is 2. The molecule has 2 N–H and O–H groups in total. The molecule has 0 aliphatic heterocycles. The summed E-state index contributed by atoms with van der Waals surface area (Å²) in [6.07, 6.45) is 0.437. The Bertz CT molecular complexity index is 654. The molecule has 0 saturated carbocycles. The van der Waals surface area contributed by atoms with E-state index in [0.29, 0.717) is 13.0 Å². The number of amides is 1. The molecular weight excluding hydrogens is 284 g/mol. The number of rotatable bonds is 5. The van der Waals surface area contributed by atoms with Crippen molar-refractivity contribution in [3.05, 3.63) is 59.7 Å². The van der Waals surface area contributed by atoms with Crippen LogP contribution in [0.25, 0.3) is 0 Å². The van der Waals surface area contributed by atoms with E-state index in [4.69, 9.17) is 0 Å². The summed E-state index contributed by atoms with van der Waals surface area (Å²) < 4.78 is 0. The maximum absolute atomic E-state index is 12.2. The second-order valence-corrected chi connectivity index (χ2v) is 6.89. The van der Waals surface area contributed by atoms with Gasteiger partial charge in [0, 0.05) is 24.3 Å². The van der Waals surface area contributed by atoms with E-state index in [-0.39, 0.29) is 11.3 Å². The highest BCUT2D eigenvalue weighted by atomic mass is 16.1. The van der Waals surface area contributed by atoms with Gasteiger partial charge in [0.05, 0.1) is 0 Å². The normalized spacial score (nSPS) is 11.1. The molecule has 122 valence electrons. The fourth-order valence-corrected chi connectivity index (χ4v) is 2.45. The molecule has 3 heteroatoms. The summed E-state index contributed by atoms with van der Waals surface area (Å²) in [5, 5.41) is 6.31. The monoisotopic (exact) mass is 310 g/mol. The lowest BCUT2D eigenvalue weighted by Gasteiger charge is -2.23. The lowest BCUT2D eigenvalue weighted by atomic mass is 9.86. The first kappa shape index (κ1) is 17.1. The van der Waals surface area contributed by atoms with Gasteiger partial charge in [-0.3, -0.25) is 4.79 Å². The SMILES string of the molecule is Cc1ccc(NCCC(=O)Nc2ccccc2C(C)(C)C)cc1. The summed E-state index contributed by atoms with van der Waals surface area (Å²) >= 11 is 0. The Balaban J connectivity index is 1.89. The summed E-state index contributed by atoms with van der Waals surface area (Å²) in [6, 6.07) is 16.2. The van der Waals surface area contributed by atoms with Gasteiger partial charge in [0.25, 0.3) is 0 Å². The van der Waals surface area contributed by atoms with Crippen molar-refractivity contribution < 1.29 is 4.79 Å². The van der Waals surface area contributed by atoms with Crippen LogP contribution in [0, 0.1) is 6.92 Å². The number of aryl methyl sites for hydroxylation is 1. The molecule has 1 amide bonds. The fraction of sp³-hybridized carbons (Fsp3) is 0.350. The first-order valence-corrected chi connectivity index (χ1v) is 8.06. The molecule has 23 heavy (non-hydrogen) atoms. The van der Waals surface area contributed by atoms with Crippen LogP contribution in [0.3, 0.4) is 0 Å². The van der Waals surface area contributed by atoms with Gasteiger partial charge in [0.1, 0.15) is 0 Å². The van der Waals surface area contributed by atoms with Crippen LogP contribution < -0.4 is 10.6 Å². The maximum Gasteiger partial charge on any atom is 0.226 e. The molecule has 0 aliphatic rings. The molecule has 2 aromatic rings. The maximum atomic E-state index is 12.2. The third-order valence-electron chi connectivity index (χ3n) is 3.74. The van der Waals surface area contributed by atoms with E-state index in [1.807, 2.05) is 30.3 Å². The van der Waals surface area contributed by atoms with Crippen molar-refractivity contribution in [2.75, 3.05) is 17.2 Å². The van der Waals surface area contributed by atoms with Gasteiger partial charge in [0.2, 0.25) is 5.91 Å². The molecule has 2 rings (SSSR count). The van der Waals surface area contributed by atoms with Gasteiger partial charge >= 0.3 is 0 Å². The molecule has 0 radical (unpaired) electrons. The van der Waals surface area contributed by atoms with Crippen molar-refractivity contribution in [2.45, 2.75) is 39.5 Å². The molecule has 0 aromatic heterocycles. The van der Waals surface area contributed by atoms with Crippen LogP contribution in [-0.4, -0.2) is 12.5 Å². The van der Waals surface area contributed by atoms with Gasteiger partial charge in [-0.25, -0.2) is 0 Å². The van der Waals surface area contributed by atoms with Gasteiger partial charge in [0.15, 0.2) is 0 Å². The molecule has 0 fully saturated rings. The minimum Gasteiger partial charge on any atom is -0.385 e. The van der Waals surface area contributed by atoms with Crippen molar-refractivity contribution in [1.82, 2.24) is 0 Å². The van der Waals surface area contributed by atoms with E-state index in [1.54, 1.807) is 0 Å². The zero-order valence-electron chi connectivity index (χ0n) is 14.4. The lowest BCUT2D eigenvalue weighted by molar-refractivity contribution is -0.115. The Hall–Kier alpha value is -2.29. The van der Waals surface area contributed by atoms with Crippen molar-refractivity contribution in [2.24, 2.45) is 0 Å². The summed E-state index contributed by atoms with van der Waals surface area (Å²) in [5.74, 6) is 0.0290. The van der Waals surface area contributed by atoms with Crippen LogP contribution in [0.5, 0.6) is 0 Å². The predicted octanol–water partition coefficient (Wildman–Crippen LogP) is 4.73. The third kappa shape index (κ3) is 5.13. The molecule has 2 aromatic carbocycles. The largest absolute Gasteiger partial charge is 0.385 e. The number of para-hydroxylation sites is 1.